The smallest absolute Gasteiger partial charge is 0.233 e. The maximum absolute atomic E-state index is 11.1. The van der Waals surface area contributed by atoms with Crippen molar-refractivity contribution in [3.63, 3.8) is 0 Å². The molecule has 1 heterocycles. The molecule has 1 amide bonds. The fourth-order valence-corrected chi connectivity index (χ4v) is 1.12. The molecule has 2 N–H and O–H groups in total. The zero-order valence-corrected chi connectivity index (χ0v) is 9.54. The fraction of sp³-hybridized carbons (Fsp3) is 0.625. The third kappa shape index (κ3) is 3.87. The SMILES string of the molecule is CC(Br)C(=O)NCCCc1ncn[nH]1. The van der Waals surface area contributed by atoms with E-state index >= 15 is 0 Å². The standard InChI is InChI=1S/C8H13BrN4O/c1-6(9)8(14)10-4-2-3-7-11-5-12-13-7/h5-6H,2-4H2,1H3,(H,10,14)(H,11,12,13). The van der Waals surface area contributed by atoms with Gasteiger partial charge in [0.2, 0.25) is 5.91 Å². The topological polar surface area (TPSA) is 70.7 Å². The van der Waals surface area contributed by atoms with Crippen molar-refractivity contribution in [3.05, 3.63) is 12.2 Å². The molecule has 1 aromatic heterocycles. The number of halogens is 1. The van der Waals surface area contributed by atoms with Crippen LogP contribution in [0, 0.1) is 0 Å². The third-order valence-electron chi connectivity index (χ3n) is 1.72. The Bertz CT molecular complexity index is 273. The van der Waals surface area contributed by atoms with Crippen molar-refractivity contribution in [1.29, 1.82) is 0 Å². The first-order valence-electron chi connectivity index (χ1n) is 4.46. The summed E-state index contributed by atoms with van der Waals surface area (Å²) in [7, 11) is 0. The van der Waals surface area contributed by atoms with Crippen molar-refractivity contribution in [3.8, 4) is 0 Å². The van der Waals surface area contributed by atoms with Crippen molar-refractivity contribution < 1.29 is 4.79 Å². The normalized spacial score (nSPS) is 12.4. The molecule has 1 rings (SSSR count). The van der Waals surface area contributed by atoms with Crippen molar-refractivity contribution in [2.24, 2.45) is 0 Å². The van der Waals surface area contributed by atoms with Gasteiger partial charge in [-0.15, -0.1) is 0 Å². The number of amides is 1. The van der Waals surface area contributed by atoms with Crippen LogP contribution >= 0.6 is 15.9 Å². The number of H-pyrrole nitrogens is 1. The minimum absolute atomic E-state index is 0.0163. The molecular weight excluding hydrogens is 248 g/mol. The number of aryl methyl sites for hydroxylation is 1. The summed E-state index contributed by atoms with van der Waals surface area (Å²) >= 11 is 3.19. The Balaban J connectivity index is 2.08. The highest BCUT2D eigenvalue weighted by Gasteiger charge is 2.06. The lowest BCUT2D eigenvalue weighted by Gasteiger charge is -2.05. The number of nitrogens with zero attached hydrogens (tertiary/aromatic N) is 2. The average molecular weight is 261 g/mol. The highest BCUT2D eigenvalue weighted by molar-refractivity contribution is 9.10. The van der Waals surface area contributed by atoms with Crippen molar-refractivity contribution in [2.75, 3.05) is 6.54 Å². The molecule has 5 nitrogen and oxygen atoms in total. The average Bonchev–Trinajstić information content (AvgIpc) is 2.64. The van der Waals surface area contributed by atoms with Crippen molar-refractivity contribution in [1.82, 2.24) is 20.5 Å². The predicted octanol–water partition coefficient (Wildman–Crippen LogP) is 0.637. The van der Waals surface area contributed by atoms with Crippen LogP contribution in [0.3, 0.4) is 0 Å². The molecule has 1 aromatic rings. The lowest BCUT2D eigenvalue weighted by Crippen LogP contribution is -2.30. The Hall–Kier alpha value is -0.910. The second kappa shape index (κ2) is 5.74. The lowest BCUT2D eigenvalue weighted by atomic mass is 10.3. The number of aromatic nitrogens is 3. The number of aromatic amines is 1. The van der Waals surface area contributed by atoms with Crippen LogP contribution in [-0.2, 0) is 11.2 Å². The summed E-state index contributed by atoms with van der Waals surface area (Å²) in [6.45, 7) is 2.46. The van der Waals surface area contributed by atoms with E-state index in [0.29, 0.717) is 6.54 Å². The molecule has 0 radical (unpaired) electrons. The van der Waals surface area contributed by atoms with Gasteiger partial charge in [0.1, 0.15) is 12.2 Å². The molecule has 0 fully saturated rings. The van der Waals surface area contributed by atoms with Gasteiger partial charge in [0.05, 0.1) is 4.83 Å². The highest BCUT2D eigenvalue weighted by atomic mass is 79.9. The Kier molecular flexibility index (Phi) is 4.58. The predicted molar refractivity (Wildman–Crippen MR) is 56.1 cm³/mol. The van der Waals surface area contributed by atoms with E-state index in [-0.39, 0.29) is 10.7 Å². The maximum Gasteiger partial charge on any atom is 0.233 e. The molecule has 6 heteroatoms. The number of hydrogen-bond acceptors (Lipinski definition) is 3. The largest absolute Gasteiger partial charge is 0.355 e. The van der Waals surface area contributed by atoms with Crippen LogP contribution < -0.4 is 5.32 Å². The summed E-state index contributed by atoms with van der Waals surface area (Å²) in [5.74, 6) is 0.869. The molecule has 0 bridgehead atoms. The molecule has 1 unspecified atom stereocenters. The number of carbonyl (C=O) groups is 1. The summed E-state index contributed by atoms with van der Waals surface area (Å²) in [6.07, 6.45) is 3.14. The zero-order chi connectivity index (χ0) is 10.4. The van der Waals surface area contributed by atoms with Crippen LogP contribution in [-0.4, -0.2) is 32.5 Å². The molecular formula is C8H13BrN4O. The van der Waals surface area contributed by atoms with Crippen LogP contribution in [0.1, 0.15) is 19.2 Å². The first kappa shape index (κ1) is 11.2. The van der Waals surface area contributed by atoms with Crippen LogP contribution in [0.25, 0.3) is 0 Å². The van der Waals surface area contributed by atoms with Gasteiger partial charge in [-0.25, -0.2) is 4.98 Å². The number of rotatable bonds is 5. The van der Waals surface area contributed by atoms with Crippen LogP contribution in [0.2, 0.25) is 0 Å². The maximum atomic E-state index is 11.1. The minimum atomic E-state index is -0.132. The highest BCUT2D eigenvalue weighted by Crippen LogP contribution is 1.97. The molecule has 0 aliphatic heterocycles. The molecule has 14 heavy (non-hydrogen) atoms. The van der Waals surface area contributed by atoms with E-state index in [4.69, 9.17) is 0 Å². The van der Waals surface area contributed by atoms with Gasteiger partial charge < -0.3 is 5.32 Å². The third-order valence-corrected chi connectivity index (χ3v) is 2.13. The first-order chi connectivity index (χ1) is 6.70. The second-order valence-electron chi connectivity index (χ2n) is 2.94. The van der Waals surface area contributed by atoms with Gasteiger partial charge in [0.15, 0.2) is 0 Å². The molecule has 78 valence electrons. The molecule has 0 saturated heterocycles. The van der Waals surface area contributed by atoms with Crippen molar-refractivity contribution in [2.45, 2.75) is 24.6 Å². The second-order valence-corrected chi connectivity index (χ2v) is 4.32. The minimum Gasteiger partial charge on any atom is -0.355 e. The molecule has 0 saturated carbocycles. The van der Waals surface area contributed by atoms with Crippen LogP contribution in [0.5, 0.6) is 0 Å². The van der Waals surface area contributed by atoms with Crippen molar-refractivity contribution >= 4 is 21.8 Å². The Labute approximate surface area is 90.8 Å². The van der Waals surface area contributed by atoms with E-state index in [0.717, 1.165) is 18.7 Å². The molecule has 1 atom stereocenters. The Morgan fingerprint density at radius 1 is 1.79 bits per heavy atom. The van der Waals surface area contributed by atoms with E-state index in [1.807, 2.05) is 0 Å². The summed E-state index contributed by atoms with van der Waals surface area (Å²) in [6, 6.07) is 0. The Morgan fingerprint density at radius 3 is 3.14 bits per heavy atom. The van der Waals surface area contributed by atoms with E-state index in [9.17, 15) is 4.79 Å². The number of hydrogen-bond donors (Lipinski definition) is 2. The van der Waals surface area contributed by atoms with Crippen LogP contribution in [0.15, 0.2) is 6.33 Å². The summed E-state index contributed by atoms with van der Waals surface area (Å²) in [4.78, 5) is 15.0. The van der Waals surface area contributed by atoms with E-state index in [2.05, 4.69) is 36.4 Å². The van der Waals surface area contributed by atoms with Crippen LogP contribution in [0.4, 0.5) is 0 Å². The molecule has 0 aliphatic carbocycles. The van der Waals surface area contributed by atoms with Gasteiger partial charge in [-0.3, -0.25) is 9.89 Å². The quantitative estimate of drug-likeness (QED) is 0.603. The number of alkyl halides is 1. The van der Waals surface area contributed by atoms with Gasteiger partial charge in [-0.1, -0.05) is 15.9 Å². The molecule has 0 aromatic carbocycles. The van der Waals surface area contributed by atoms with E-state index in [1.54, 1.807) is 6.92 Å². The van der Waals surface area contributed by atoms with Gasteiger partial charge in [-0.2, -0.15) is 5.10 Å². The lowest BCUT2D eigenvalue weighted by molar-refractivity contribution is -0.120. The zero-order valence-electron chi connectivity index (χ0n) is 7.96. The van der Waals surface area contributed by atoms with Gasteiger partial charge in [0.25, 0.3) is 0 Å². The Morgan fingerprint density at radius 2 is 2.57 bits per heavy atom. The fourth-order valence-electron chi connectivity index (χ4n) is 0.959. The number of nitrogens with one attached hydrogen (secondary N) is 2. The van der Waals surface area contributed by atoms with Gasteiger partial charge >= 0.3 is 0 Å². The van der Waals surface area contributed by atoms with Gasteiger partial charge in [-0.05, 0) is 13.3 Å². The summed E-state index contributed by atoms with van der Waals surface area (Å²) < 4.78 is 0. The molecule has 0 aliphatic rings. The first-order valence-corrected chi connectivity index (χ1v) is 5.37. The monoisotopic (exact) mass is 260 g/mol. The van der Waals surface area contributed by atoms with E-state index < -0.39 is 0 Å². The summed E-state index contributed by atoms with van der Waals surface area (Å²) in [5.41, 5.74) is 0. The number of carbonyl (C=O) groups excluding carboxylic acids is 1. The summed E-state index contributed by atoms with van der Waals surface area (Å²) in [5, 5.41) is 9.29. The van der Waals surface area contributed by atoms with E-state index in [1.165, 1.54) is 6.33 Å². The van der Waals surface area contributed by atoms with Gasteiger partial charge in [0, 0.05) is 13.0 Å². The molecule has 0 spiro atoms.